The van der Waals surface area contributed by atoms with Crippen molar-refractivity contribution >= 4 is 10.0 Å². The van der Waals surface area contributed by atoms with Crippen molar-refractivity contribution in [1.82, 2.24) is 4.31 Å². The van der Waals surface area contributed by atoms with Crippen LogP contribution in [0, 0.1) is 13.8 Å². The molecule has 1 fully saturated rings. The topological polar surface area (TPSA) is 46.6 Å². The van der Waals surface area contributed by atoms with Crippen LogP contribution < -0.4 is 0 Å². The second-order valence-electron chi connectivity index (χ2n) is 4.26. The first-order valence-electron chi connectivity index (χ1n) is 5.67. The van der Waals surface area contributed by atoms with E-state index in [2.05, 4.69) is 0 Å². The van der Waals surface area contributed by atoms with E-state index in [1.165, 1.54) is 4.31 Å². The van der Waals surface area contributed by atoms with E-state index in [0.29, 0.717) is 31.2 Å². The van der Waals surface area contributed by atoms with Crippen molar-refractivity contribution in [3.63, 3.8) is 0 Å². The van der Waals surface area contributed by atoms with Gasteiger partial charge in [0.25, 0.3) is 0 Å². The van der Waals surface area contributed by atoms with Crippen molar-refractivity contribution in [2.45, 2.75) is 18.7 Å². The molecule has 0 aliphatic carbocycles. The van der Waals surface area contributed by atoms with E-state index < -0.39 is 10.0 Å². The Balaban J connectivity index is 2.33. The Kier molecular flexibility index (Phi) is 3.51. The molecule has 1 aromatic carbocycles. The maximum absolute atomic E-state index is 12.3. The van der Waals surface area contributed by atoms with Gasteiger partial charge >= 0.3 is 0 Å². The van der Waals surface area contributed by atoms with Crippen LogP contribution in [-0.4, -0.2) is 39.0 Å². The van der Waals surface area contributed by atoms with Gasteiger partial charge in [-0.25, -0.2) is 8.42 Å². The molecule has 94 valence electrons. The van der Waals surface area contributed by atoms with Gasteiger partial charge in [-0.05, 0) is 37.1 Å². The lowest BCUT2D eigenvalue weighted by molar-refractivity contribution is 0.0730. The Bertz CT molecular complexity index is 504. The average molecular weight is 255 g/mol. The van der Waals surface area contributed by atoms with Crippen LogP contribution in [0.5, 0.6) is 0 Å². The molecule has 5 heteroatoms. The lowest BCUT2D eigenvalue weighted by Crippen LogP contribution is -2.40. The third-order valence-corrected chi connectivity index (χ3v) is 4.98. The summed E-state index contributed by atoms with van der Waals surface area (Å²) in [5.41, 5.74) is 2.10. The molecule has 0 amide bonds. The molecule has 0 atom stereocenters. The SMILES string of the molecule is Cc1ccc(S(=O)(=O)N2CCOCC2)cc1C. The molecule has 0 bridgehead atoms. The molecule has 4 nitrogen and oxygen atoms in total. The van der Waals surface area contributed by atoms with Crippen molar-refractivity contribution in [2.75, 3.05) is 26.3 Å². The third kappa shape index (κ3) is 2.51. The van der Waals surface area contributed by atoms with Gasteiger partial charge in [0.05, 0.1) is 18.1 Å². The van der Waals surface area contributed by atoms with Gasteiger partial charge < -0.3 is 4.74 Å². The molecule has 2 rings (SSSR count). The van der Waals surface area contributed by atoms with Crippen LogP contribution in [0.1, 0.15) is 11.1 Å². The zero-order chi connectivity index (χ0) is 12.5. The largest absolute Gasteiger partial charge is 0.379 e. The first-order chi connectivity index (χ1) is 8.01. The quantitative estimate of drug-likeness (QED) is 0.801. The normalized spacial score (nSPS) is 18.2. The van der Waals surface area contributed by atoms with E-state index in [1.54, 1.807) is 12.1 Å². The molecular formula is C12H17NO3S. The zero-order valence-electron chi connectivity index (χ0n) is 10.1. The molecule has 1 saturated heterocycles. The fourth-order valence-corrected chi connectivity index (χ4v) is 3.30. The van der Waals surface area contributed by atoms with Crippen LogP contribution in [0.15, 0.2) is 23.1 Å². The molecular weight excluding hydrogens is 238 g/mol. The van der Waals surface area contributed by atoms with Crippen molar-refractivity contribution < 1.29 is 13.2 Å². The number of hydrogen-bond acceptors (Lipinski definition) is 3. The fourth-order valence-electron chi connectivity index (χ4n) is 1.81. The van der Waals surface area contributed by atoms with E-state index in [1.807, 2.05) is 19.9 Å². The van der Waals surface area contributed by atoms with Crippen LogP contribution in [0.3, 0.4) is 0 Å². The monoisotopic (exact) mass is 255 g/mol. The fraction of sp³-hybridized carbons (Fsp3) is 0.500. The lowest BCUT2D eigenvalue weighted by atomic mass is 10.1. The van der Waals surface area contributed by atoms with Gasteiger partial charge in [0.15, 0.2) is 0 Å². The van der Waals surface area contributed by atoms with Gasteiger partial charge in [-0.2, -0.15) is 4.31 Å². The van der Waals surface area contributed by atoms with Crippen molar-refractivity contribution in [2.24, 2.45) is 0 Å². The summed E-state index contributed by atoms with van der Waals surface area (Å²) in [5.74, 6) is 0. The predicted octanol–water partition coefficient (Wildman–Crippen LogP) is 1.32. The summed E-state index contributed by atoms with van der Waals surface area (Å²) in [6.45, 7) is 5.73. The minimum absolute atomic E-state index is 0.377. The van der Waals surface area contributed by atoms with Gasteiger partial charge in [0.2, 0.25) is 10.0 Å². The van der Waals surface area contributed by atoms with Gasteiger partial charge in [-0.15, -0.1) is 0 Å². The van der Waals surface area contributed by atoms with Crippen molar-refractivity contribution in [1.29, 1.82) is 0 Å². The van der Waals surface area contributed by atoms with Crippen LogP contribution in [0.4, 0.5) is 0 Å². The van der Waals surface area contributed by atoms with Gasteiger partial charge in [0.1, 0.15) is 0 Å². The molecule has 0 saturated carbocycles. The van der Waals surface area contributed by atoms with E-state index in [-0.39, 0.29) is 0 Å². The van der Waals surface area contributed by atoms with E-state index in [0.717, 1.165) is 11.1 Å². The summed E-state index contributed by atoms with van der Waals surface area (Å²) in [6.07, 6.45) is 0. The minimum atomic E-state index is -3.35. The Morgan fingerprint density at radius 2 is 1.76 bits per heavy atom. The highest BCUT2D eigenvalue weighted by Gasteiger charge is 2.26. The third-order valence-electron chi connectivity index (χ3n) is 3.09. The molecule has 1 aromatic rings. The number of ether oxygens (including phenoxy) is 1. The maximum atomic E-state index is 12.3. The Hall–Kier alpha value is -0.910. The van der Waals surface area contributed by atoms with Gasteiger partial charge in [0, 0.05) is 13.1 Å². The van der Waals surface area contributed by atoms with E-state index >= 15 is 0 Å². The first-order valence-corrected chi connectivity index (χ1v) is 7.11. The summed E-state index contributed by atoms with van der Waals surface area (Å²) in [5, 5.41) is 0. The summed E-state index contributed by atoms with van der Waals surface area (Å²) >= 11 is 0. The van der Waals surface area contributed by atoms with E-state index in [4.69, 9.17) is 4.74 Å². The lowest BCUT2D eigenvalue weighted by Gasteiger charge is -2.26. The molecule has 0 radical (unpaired) electrons. The summed E-state index contributed by atoms with van der Waals surface area (Å²) in [7, 11) is -3.35. The molecule has 1 aliphatic rings. The smallest absolute Gasteiger partial charge is 0.243 e. The van der Waals surface area contributed by atoms with Gasteiger partial charge in [-0.3, -0.25) is 0 Å². The zero-order valence-corrected chi connectivity index (χ0v) is 11.0. The first kappa shape index (κ1) is 12.5. The molecule has 0 N–H and O–H groups in total. The average Bonchev–Trinajstić information content (AvgIpc) is 2.33. The van der Waals surface area contributed by atoms with Crippen LogP contribution in [-0.2, 0) is 14.8 Å². The molecule has 1 aliphatic heterocycles. The second kappa shape index (κ2) is 4.76. The van der Waals surface area contributed by atoms with Gasteiger partial charge in [-0.1, -0.05) is 6.07 Å². The Morgan fingerprint density at radius 1 is 1.12 bits per heavy atom. The Morgan fingerprint density at radius 3 is 2.35 bits per heavy atom. The van der Waals surface area contributed by atoms with Crippen molar-refractivity contribution in [3.05, 3.63) is 29.3 Å². The number of benzene rings is 1. The number of hydrogen-bond donors (Lipinski definition) is 0. The highest BCUT2D eigenvalue weighted by atomic mass is 32.2. The van der Waals surface area contributed by atoms with Crippen LogP contribution in [0.25, 0.3) is 0 Å². The molecule has 17 heavy (non-hydrogen) atoms. The molecule has 0 spiro atoms. The maximum Gasteiger partial charge on any atom is 0.243 e. The standard InChI is InChI=1S/C12H17NO3S/c1-10-3-4-12(9-11(10)2)17(14,15)13-5-7-16-8-6-13/h3-4,9H,5-8H2,1-2H3. The summed E-state index contributed by atoms with van der Waals surface area (Å²) in [6, 6.07) is 5.26. The van der Waals surface area contributed by atoms with Crippen molar-refractivity contribution in [3.8, 4) is 0 Å². The van der Waals surface area contributed by atoms with E-state index in [9.17, 15) is 8.42 Å². The van der Waals surface area contributed by atoms with Crippen LogP contribution >= 0.6 is 0 Å². The number of morpholine rings is 1. The summed E-state index contributed by atoms with van der Waals surface area (Å²) in [4.78, 5) is 0.377. The molecule has 0 aromatic heterocycles. The number of nitrogens with zero attached hydrogens (tertiary/aromatic N) is 1. The summed E-state index contributed by atoms with van der Waals surface area (Å²) < 4.78 is 31.3. The number of rotatable bonds is 2. The highest BCUT2D eigenvalue weighted by molar-refractivity contribution is 7.89. The minimum Gasteiger partial charge on any atom is -0.379 e. The predicted molar refractivity (Wildman–Crippen MR) is 65.5 cm³/mol. The molecule has 1 heterocycles. The van der Waals surface area contributed by atoms with Crippen LogP contribution in [0.2, 0.25) is 0 Å². The highest BCUT2D eigenvalue weighted by Crippen LogP contribution is 2.19. The number of aryl methyl sites for hydroxylation is 2. The Labute approximate surface area is 102 Å². The number of sulfonamides is 1. The molecule has 0 unspecified atom stereocenters. The second-order valence-corrected chi connectivity index (χ2v) is 6.20.